The number of pyridine rings is 1. The second-order valence-corrected chi connectivity index (χ2v) is 7.41. The Kier molecular flexibility index (Phi) is 2.93. The number of rotatable bonds is 3. The van der Waals surface area contributed by atoms with Crippen LogP contribution in [0, 0.1) is 11.3 Å². The Morgan fingerprint density at radius 3 is 2.68 bits per heavy atom. The number of aromatic amines is 1. The first-order valence-corrected chi connectivity index (χ1v) is 8.67. The largest absolute Gasteiger partial charge is 0.356 e. The third-order valence-electron chi connectivity index (χ3n) is 5.58. The predicted molar refractivity (Wildman–Crippen MR) is 98.0 cm³/mol. The van der Waals surface area contributed by atoms with Gasteiger partial charge in [-0.3, -0.25) is 9.78 Å². The van der Waals surface area contributed by atoms with Gasteiger partial charge in [0.2, 0.25) is 0 Å². The first kappa shape index (κ1) is 14.5. The Balaban J connectivity index is 1.68. The van der Waals surface area contributed by atoms with E-state index in [1.807, 2.05) is 42.5 Å². The Morgan fingerprint density at radius 1 is 1.16 bits per heavy atom. The van der Waals surface area contributed by atoms with Crippen LogP contribution in [0.3, 0.4) is 0 Å². The average molecular weight is 329 g/mol. The van der Waals surface area contributed by atoms with Crippen LogP contribution in [0.2, 0.25) is 0 Å². The van der Waals surface area contributed by atoms with E-state index in [1.54, 1.807) is 12.4 Å². The summed E-state index contributed by atoms with van der Waals surface area (Å²) < 4.78 is 0. The number of nitrogens with zero attached hydrogens (tertiary/aromatic N) is 1. The normalized spacial score (nSPS) is 23.7. The molecule has 0 aliphatic heterocycles. The third kappa shape index (κ3) is 2.21. The highest BCUT2D eigenvalue weighted by Crippen LogP contribution is 2.60. The molecule has 2 heterocycles. The van der Waals surface area contributed by atoms with Crippen molar-refractivity contribution in [1.82, 2.24) is 9.97 Å². The molecule has 2 aliphatic carbocycles. The van der Waals surface area contributed by atoms with Gasteiger partial charge in [-0.1, -0.05) is 25.1 Å². The number of hydrogen-bond donors (Lipinski definition) is 2. The summed E-state index contributed by atoms with van der Waals surface area (Å²) in [5.41, 5.74) is 5.93. The molecule has 5 rings (SSSR count). The number of aromatic nitrogens is 2. The smallest absolute Gasteiger partial charge is 0.170 e. The Bertz CT molecular complexity index is 962. The summed E-state index contributed by atoms with van der Waals surface area (Å²) in [5, 5.41) is 3.49. The fourth-order valence-electron chi connectivity index (χ4n) is 4.07. The molecular weight excluding hydrogens is 310 g/mol. The lowest BCUT2D eigenvalue weighted by Gasteiger charge is -2.18. The van der Waals surface area contributed by atoms with Crippen LogP contribution in [0.15, 0.2) is 54.9 Å². The van der Waals surface area contributed by atoms with Crippen molar-refractivity contribution in [3.05, 3.63) is 66.1 Å². The molecule has 25 heavy (non-hydrogen) atoms. The molecule has 0 unspecified atom stereocenters. The molecule has 0 radical (unpaired) electrons. The van der Waals surface area contributed by atoms with Gasteiger partial charge in [-0.05, 0) is 42.5 Å². The van der Waals surface area contributed by atoms with E-state index in [0.29, 0.717) is 0 Å². The minimum atomic E-state index is 0.147. The number of Topliss-reactive ketones (excluding diaryl/α,β-unsaturated/α-hetero) is 1. The van der Waals surface area contributed by atoms with Gasteiger partial charge in [-0.25, -0.2) is 0 Å². The number of H-pyrrole nitrogens is 1. The molecular formula is C21H19N3O. The summed E-state index contributed by atoms with van der Waals surface area (Å²) in [5.74, 6) is 0.455. The Hall–Kier alpha value is -2.88. The van der Waals surface area contributed by atoms with Gasteiger partial charge in [0, 0.05) is 35.3 Å². The van der Waals surface area contributed by atoms with Crippen LogP contribution < -0.4 is 5.32 Å². The van der Waals surface area contributed by atoms with E-state index in [9.17, 15) is 4.79 Å². The summed E-state index contributed by atoms with van der Waals surface area (Å²) in [7, 11) is 0. The second-order valence-electron chi connectivity index (χ2n) is 7.41. The molecule has 0 spiro atoms. The highest BCUT2D eigenvalue weighted by Gasteiger charge is 2.58. The number of benzene rings is 1. The standard InChI is InChI=1S/C21H19N3O/c1-21-11-15(21)20(25)17-16(12-21)24-18(13-7-9-22-10-8-13)19(17)23-14-5-3-2-4-6-14/h2-10,15,23-24H,11-12H2,1H3/t15-,21+/m1/s1. The molecule has 2 aromatic heterocycles. The maximum absolute atomic E-state index is 13.0. The minimum absolute atomic E-state index is 0.147. The van der Waals surface area contributed by atoms with Crippen LogP contribution in [0.4, 0.5) is 11.4 Å². The fourth-order valence-corrected chi connectivity index (χ4v) is 4.07. The molecule has 4 nitrogen and oxygen atoms in total. The molecule has 2 atom stereocenters. The number of carbonyl (C=O) groups excluding carboxylic acids is 1. The fraction of sp³-hybridized carbons (Fsp3) is 0.238. The van der Waals surface area contributed by atoms with E-state index >= 15 is 0 Å². The van der Waals surface area contributed by atoms with E-state index in [4.69, 9.17) is 0 Å². The second kappa shape index (κ2) is 5.06. The molecule has 1 aromatic carbocycles. The summed E-state index contributed by atoms with van der Waals surface area (Å²) in [6.45, 7) is 2.22. The Labute approximate surface area is 146 Å². The number of hydrogen-bond acceptors (Lipinski definition) is 3. The van der Waals surface area contributed by atoms with Crippen LogP contribution >= 0.6 is 0 Å². The third-order valence-corrected chi connectivity index (χ3v) is 5.58. The summed E-state index contributed by atoms with van der Waals surface area (Å²) in [6, 6.07) is 14.0. The van der Waals surface area contributed by atoms with Crippen molar-refractivity contribution in [3.63, 3.8) is 0 Å². The van der Waals surface area contributed by atoms with Crippen molar-refractivity contribution < 1.29 is 4.79 Å². The number of nitrogens with one attached hydrogen (secondary N) is 2. The quantitative estimate of drug-likeness (QED) is 0.739. The predicted octanol–water partition coefficient (Wildman–Crippen LogP) is 4.59. The molecule has 1 saturated carbocycles. The van der Waals surface area contributed by atoms with Gasteiger partial charge in [-0.15, -0.1) is 0 Å². The van der Waals surface area contributed by atoms with Crippen LogP contribution in [0.25, 0.3) is 11.3 Å². The minimum Gasteiger partial charge on any atom is -0.356 e. The number of para-hydroxylation sites is 1. The molecule has 0 amide bonds. The summed E-state index contributed by atoms with van der Waals surface area (Å²) >= 11 is 0. The van der Waals surface area contributed by atoms with Crippen molar-refractivity contribution >= 4 is 17.2 Å². The summed E-state index contributed by atoms with van der Waals surface area (Å²) in [6.07, 6.45) is 5.50. The lowest BCUT2D eigenvalue weighted by atomic mass is 9.87. The number of fused-ring (bicyclic) bond motifs is 2. The van der Waals surface area contributed by atoms with Crippen LogP contribution in [-0.2, 0) is 6.42 Å². The van der Waals surface area contributed by atoms with Gasteiger partial charge in [0.15, 0.2) is 5.78 Å². The van der Waals surface area contributed by atoms with E-state index in [0.717, 1.165) is 46.7 Å². The SMILES string of the molecule is C[C@]12Cc3[nH]c(-c4ccncc4)c(Nc4ccccc4)c3C(=O)[C@H]1C2. The zero-order chi connectivity index (χ0) is 17.0. The van der Waals surface area contributed by atoms with Gasteiger partial charge in [0.25, 0.3) is 0 Å². The van der Waals surface area contributed by atoms with Gasteiger partial charge in [0.1, 0.15) is 0 Å². The van der Waals surface area contributed by atoms with Crippen LogP contribution in [0.1, 0.15) is 29.4 Å². The van der Waals surface area contributed by atoms with Crippen molar-refractivity contribution in [1.29, 1.82) is 0 Å². The van der Waals surface area contributed by atoms with Crippen molar-refractivity contribution in [2.24, 2.45) is 11.3 Å². The van der Waals surface area contributed by atoms with Gasteiger partial charge >= 0.3 is 0 Å². The highest BCUT2D eigenvalue weighted by atomic mass is 16.1. The first-order chi connectivity index (χ1) is 12.2. The van der Waals surface area contributed by atoms with Crippen molar-refractivity contribution in [2.45, 2.75) is 19.8 Å². The van der Waals surface area contributed by atoms with Crippen molar-refractivity contribution in [2.75, 3.05) is 5.32 Å². The zero-order valence-electron chi connectivity index (χ0n) is 14.0. The lowest BCUT2D eigenvalue weighted by Crippen LogP contribution is -2.19. The van der Waals surface area contributed by atoms with Crippen molar-refractivity contribution in [3.8, 4) is 11.3 Å². The van der Waals surface area contributed by atoms with Crippen LogP contribution in [-0.4, -0.2) is 15.8 Å². The Morgan fingerprint density at radius 2 is 1.92 bits per heavy atom. The van der Waals surface area contributed by atoms with E-state index in [1.165, 1.54) is 0 Å². The molecule has 2 aliphatic rings. The molecule has 0 saturated heterocycles. The molecule has 2 N–H and O–H groups in total. The molecule has 124 valence electrons. The molecule has 4 heteroatoms. The number of ketones is 1. The highest BCUT2D eigenvalue weighted by molar-refractivity contribution is 6.10. The number of anilines is 2. The first-order valence-electron chi connectivity index (χ1n) is 8.67. The molecule has 0 bridgehead atoms. The lowest BCUT2D eigenvalue weighted by molar-refractivity contribution is 0.0941. The maximum atomic E-state index is 13.0. The van der Waals surface area contributed by atoms with Gasteiger partial charge in [-0.2, -0.15) is 0 Å². The number of carbonyl (C=O) groups is 1. The van der Waals surface area contributed by atoms with E-state index < -0.39 is 0 Å². The average Bonchev–Trinajstić information content (AvgIpc) is 3.20. The molecule has 3 aromatic rings. The zero-order valence-corrected chi connectivity index (χ0v) is 14.0. The van der Waals surface area contributed by atoms with Crippen LogP contribution in [0.5, 0.6) is 0 Å². The monoisotopic (exact) mass is 329 g/mol. The van der Waals surface area contributed by atoms with Gasteiger partial charge < -0.3 is 10.3 Å². The summed E-state index contributed by atoms with van der Waals surface area (Å²) in [4.78, 5) is 20.7. The topological polar surface area (TPSA) is 57.8 Å². The van der Waals surface area contributed by atoms with E-state index in [-0.39, 0.29) is 17.1 Å². The van der Waals surface area contributed by atoms with Gasteiger partial charge in [0.05, 0.1) is 16.9 Å². The molecule has 1 fully saturated rings. The maximum Gasteiger partial charge on any atom is 0.170 e. The van der Waals surface area contributed by atoms with E-state index in [2.05, 4.69) is 22.2 Å².